The summed E-state index contributed by atoms with van der Waals surface area (Å²) >= 11 is 0. The lowest BCUT2D eigenvalue weighted by Gasteiger charge is -2.10. The zero-order chi connectivity index (χ0) is 19.2. The standard InChI is InChI=1S/C21H24N4O2/c1-14(2)24-20-8-6-18(13-23-20)27-21-9-5-17-12-16(4-7-19(17)25-21)10-11-22-15(3)26/h4-9,12-14H,10-11H2,1-3H3,(H,22,26)(H,23,24). The van der Waals surface area contributed by atoms with Crippen molar-refractivity contribution in [2.75, 3.05) is 11.9 Å². The summed E-state index contributed by atoms with van der Waals surface area (Å²) < 4.78 is 5.82. The molecule has 0 bridgehead atoms. The fraction of sp³-hybridized carbons (Fsp3) is 0.286. The highest BCUT2D eigenvalue weighted by molar-refractivity contribution is 5.80. The van der Waals surface area contributed by atoms with Crippen LogP contribution in [0.3, 0.4) is 0 Å². The summed E-state index contributed by atoms with van der Waals surface area (Å²) in [5.74, 6) is 1.97. The van der Waals surface area contributed by atoms with Gasteiger partial charge in [-0.15, -0.1) is 0 Å². The molecule has 3 aromatic rings. The van der Waals surface area contributed by atoms with Crippen LogP contribution in [0.2, 0.25) is 0 Å². The maximum atomic E-state index is 11.0. The van der Waals surface area contributed by atoms with Crippen LogP contribution in [0.15, 0.2) is 48.7 Å². The minimum Gasteiger partial charge on any atom is -0.437 e. The number of nitrogens with one attached hydrogen (secondary N) is 2. The highest BCUT2D eigenvalue weighted by atomic mass is 16.5. The van der Waals surface area contributed by atoms with E-state index in [-0.39, 0.29) is 5.91 Å². The molecule has 0 unspecified atom stereocenters. The third-order valence-electron chi connectivity index (χ3n) is 3.91. The second kappa shape index (κ2) is 8.49. The van der Waals surface area contributed by atoms with Crippen LogP contribution in [0, 0.1) is 0 Å². The lowest BCUT2D eigenvalue weighted by Crippen LogP contribution is -2.22. The first kappa shape index (κ1) is 18.6. The Morgan fingerprint density at radius 1 is 1.15 bits per heavy atom. The van der Waals surface area contributed by atoms with Crippen molar-refractivity contribution in [2.45, 2.75) is 33.2 Å². The van der Waals surface area contributed by atoms with Crippen molar-refractivity contribution in [1.82, 2.24) is 15.3 Å². The van der Waals surface area contributed by atoms with E-state index in [1.165, 1.54) is 6.92 Å². The van der Waals surface area contributed by atoms with Gasteiger partial charge in [-0.1, -0.05) is 6.07 Å². The van der Waals surface area contributed by atoms with Gasteiger partial charge in [0.15, 0.2) is 0 Å². The Balaban J connectivity index is 1.68. The summed E-state index contributed by atoms with van der Waals surface area (Å²) in [6, 6.07) is 14.0. The predicted molar refractivity (Wildman–Crippen MR) is 107 cm³/mol. The van der Waals surface area contributed by atoms with E-state index in [2.05, 4.69) is 40.5 Å². The number of carbonyl (C=O) groups is 1. The minimum absolute atomic E-state index is 0.0123. The molecule has 0 atom stereocenters. The Kier molecular flexibility index (Phi) is 5.86. The van der Waals surface area contributed by atoms with E-state index in [4.69, 9.17) is 4.74 Å². The molecule has 6 nitrogen and oxygen atoms in total. The SMILES string of the molecule is CC(=O)NCCc1ccc2nc(Oc3ccc(NC(C)C)nc3)ccc2c1. The molecule has 0 aliphatic carbocycles. The molecule has 0 saturated heterocycles. The molecule has 0 aliphatic heterocycles. The fourth-order valence-corrected chi connectivity index (χ4v) is 2.69. The number of amides is 1. The summed E-state index contributed by atoms with van der Waals surface area (Å²) in [6.45, 7) is 6.28. The Morgan fingerprint density at radius 2 is 2.00 bits per heavy atom. The molecule has 140 valence electrons. The molecule has 0 radical (unpaired) electrons. The molecule has 2 heterocycles. The van der Waals surface area contributed by atoms with Gasteiger partial charge < -0.3 is 15.4 Å². The van der Waals surface area contributed by atoms with Gasteiger partial charge in [0.05, 0.1) is 11.7 Å². The molecule has 3 rings (SSSR count). The first-order valence-corrected chi connectivity index (χ1v) is 9.04. The van der Waals surface area contributed by atoms with Crippen molar-refractivity contribution >= 4 is 22.6 Å². The summed E-state index contributed by atoms with van der Waals surface area (Å²) in [4.78, 5) is 19.8. The summed E-state index contributed by atoms with van der Waals surface area (Å²) in [6.07, 6.45) is 2.47. The number of hydrogen-bond acceptors (Lipinski definition) is 5. The second-order valence-corrected chi connectivity index (χ2v) is 6.69. The third kappa shape index (κ3) is 5.41. The number of benzene rings is 1. The number of hydrogen-bond donors (Lipinski definition) is 2. The molecule has 0 aliphatic rings. The highest BCUT2D eigenvalue weighted by Crippen LogP contribution is 2.23. The molecular weight excluding hydrogens is 340 g/mol. The average Bonchev–Trinajstić information content (AvgIpc) is 2.63. The number of ether oxygens (including phenoxy) is 1. The lowest BCUT2D eigenvalue weighted by molar-refractivity contribution is -0.118. The number of rotatable bonds is 7. The maximum Gasteiger partial charge on any atom is 0.219 e. The highest BCUT2D eigenvalue weighted by Gasteiger charge is 2.04. The smallest absolute Gasteiger partial charge is 0.219 e. The van der Waals surface area contributed by atoms with Crippen LogP contribution in [0.1, 0.15) is 26.3 Å². The zero-order valence-corrected chi connectivity index (χ0v) is 15.8. The molecule has 0 fully saturated rings. The van der Waals surface area contributed by atoms with Gasteiger partial charge >= 0.3 is 0 Å². The van der Waals surface area contributed by atoms with E-state index in [0.29, 0.717) is 24.2 Å². The van der Waals surface area contributed by atoms with Crippen LogP contribution < -0.4 is 15.4 Å². The Hall–Kier alpha value is -3.15. The topological polar surface area (TPSA) is 76.1 Å². The molecule has 6 heteroatoms. The number of carbonyl (C=O) groups excluding carboxylic acids is 1. The molecule has 0 spiro atoms. The van der Waals surface area contributed by atoms with Crippen molar-refractivity contribution in [1.29, 1.82) is 0 Å². The fourth-order valence-electron chi connectivity index (χ4n) is 2.69. The summed E-state index contributed by atoms with van der Waals surface area (Å²) in [7, 11) is 0. The van der Waals surface area contributed by atoms with E-state index in [9.17, 15) is 4.79 Å². The van der Waals surface area contributed by atoms with Crippen molar-refractivity contribution in [3.05, 3.63) is 54.2 Å². The summed E-state index contributed by atoms with van der Waals surface area (Å²) in [5.41, 5.74) is 2.02. The number of anilines is 1. The predicted octanol–water partition coefficient (Wildman–Crippen LogP) is 3.92. The number of nitrogens with zero attached hydrogens (tertiary/aromatic N) is 2. The Morgan fingerprint density at radius 3 is 2.70 bits per heavy atom. The van der Waals surface area contributed by atoms with Crippen LogP contribution >= 0.6 is 0 Å². The van der Waals surface area contributed by atoms with Gasteiger partial charge in [0.25, 0.3) is 0 Å². The van der Waals surface area contributed by atoms with Crippen LogP contribution in [0.4, 0.5) is 5.82 Å². The van der Waals surface area contributed by atoms with Gasteiger partial charge in [-0.2, -0.15) is 0 Å². The van der Waals surface area contributed by atoms with Gasteiger partial charge in [-0.05, 0) is 56.2 Å². The van der Waals surface area contributed by atoms with E-state index < -0.39 is 0 Å². The molecular formula is C21H24N4O2. The van der Waals surface area contributed by atoms with Crippen molar-refractivity contribution in [3.63, 3.8) is 0 Å². The van der Waals surface area contributed by atoms with Gasteiger partial charge in [0, 0.05) is 31.0 Å². The van der Waals surface area contributed by atoms with E-state index >= 15 is 0 Å². The molecule has 2 N–H and O–H groups in total. The minimum atomic E-state index is -0.0123. The third-order valence-corrected chi connectivity index (χ3v) is 3.91. The molecule has 1 amide bonds. The van der Waals surface area contributed by atoms with Crippen LogP contribution in [-0.4, -0.2) is 28.5 Å². The van der Waals surface area contributed by atoms with Crippen molar-refractivity contribution in [3.8, 4) is 11.6 Å². The number of pyridine rings is 2. The van der Waals surface area contributed by atoms with Gasteiger partial charge in [-0.25, -0.2) is 9.97 Å². The normalized spacial score (nSPS) is 10.8. The largest absolute Gasteiger partial charge is 0.437 e. The second-order valence-electron chi connectivity index (χ2n) is 6.69. The van der Waals surface area contributed by atoms with Gasteiger partial charge in [0.2, 0.25) is 11.8 Å². The first-order valence-electron chi connectivity index (χ1n) is 9.04. The molecule has 2 aromatic heterocycles. The van der Waals surface area contributed by atoms with Gasteiger partial charge in [0.1, 0.15) is 11.6 Å². The lowest BCUT2D eigenvalue weighted by atomic mass is 10.1. The molecule has 0 saturated carbocycles. The molecule has 27 heavy (non-hydrogen) atoms. The van der Waals surface area contributed by atoms with Crippen LogP contribution in [0.5, 0.6) is 11.6 Å². The van der Waals surface area contributed by atoms with E-state index in [1.54, 1.807) is 6.20 Å². The monoisotopic (exact) mass is 364 g/mol. The van der Waals surface area contributed by atoms with Crippen molar-refractivity contribution < 1.29 is 9.53 Å². The molecule has 1 aromatic carbocycles. The zero-order valence-electron chi connectivity index (χ0n) is 15.8. The van der Waals surface area contributed by atoms with E-state index in [0.717, 1.165) is 28.7 Å². The van der Waals surface area contributed by atoms with Crippen LogP contribution in [-0.2, 0) is 11.2 Å². The number of aromatic nitrogens is 2. The Bertz CT molecular complexity index is 923. The Labute approximate surface area is 159 Å². The van der Waals surface area contributed by atoms with Crippen LogP contribution in [0.25, 0.3) is 10.9 Å². The van der Waals surface area contributed by atoms with Crippen molar-refractivity contribution in [2.24, 2.45) is 0 Å². The average molecular weight is 364 g/mol. The van der Waals surface area contributed by atoms with Gasteiger partial charge in [-0.3, -0.25) is 4.79 Å². The number of fused-ring (bicyclic) bond motifs is 1. The van der Waals surface area contributed by atoms with E-state index in [1.807, 2.05) is 36.4 Å². The summed E-state index contributed by atoms with van der Waals surface area (Å²) in [5, 5.41) is 7.09. The maximum absolute atomic E-state index is 11.0. The first-order chi connectivity index (χ1) is 13.0. The quantitative estimate of drug-likeness (QED) is 0.664.